The second-order valence-electron chi connectivity index (χ2n) is 5.40. The van der Waals surface area contributed by atoms with Crippen molar-refractivity contribution in [1.29, 1.82) is 0 Å². The third kappa shape index (κ3) is 3.57. The van der Waals surface area contributed by atoms with Crippen molar-refractivity contribution in [2.45, 2.75) is 6.61 Å². The number of rotatable bonds is 4. The molecule has 5 nitrogen and oxygen atoms in total. The van der Waals surface area contributed by atoms with E-state index in [1.165, 1.54) is 0 Å². The van der Waals surface area contributed by atoms with Crippen LogP contribution in [0.25, 0.3) is 21.9 Å². The Morgan fingerprint density at radius 2 is 1.68 bits per heavy atom. The average Bonchev–Trinajstić information content (AvgIpc) is 2.68. The summed E-state index contributed by atoms with van der Waals surface area (Å²) in [5, 5.41) is 8.55. The van der Waals surface area contributed by atoms with Crippen molar-refractivity contribution in [3.8, 4) is 16.9 Å². The first-order chi connectivity index (χ1) is 12.2. The Bertz CT molecular complexity index is 901. The first kappa shape index (κ1) is 18.7. The van der Waals surface area contributed by atoms with Gasteiger partial charge in [0.15, 0.2) is 0 Å². The van der Waals surface area contributed by atoms with Gasteiger partial charge < -0.3 is 19.1 Å². The molecule has 0 bridgehead atoms. The molecule has 5 heteroatoms. The lowest BCUT2D eigenvalue weighted by Gasteiger charge is -2.17. The summed E-state index contributed by atoms with van der Waals surface area (Å²) in [5.41, 5.74) is 2.87. The minimum Gasteiger partial charge on any atom is -0.497 e. The SMILES string of the molecule is CO.COCc1c(-c2ccccc2)c2cc(OC)ccc2c(=O)n1C. The van der Waals surface area contributed by atoms with Gasteiger partial charge in [0.2, 0.25) is 0 Å². The molecule has 0 atom stereocenters. The van der Waals surface area contributed by atoms with Crippen LogP contribution in [0, 0.1) is 0 Å². The fourth-order valence-corrected chi connectivity index (χ4v) is 2.90. The maximum Gasteiger partial charge on any atom is 0.258 e. The fourth-order valence-electron chi connectivity index (χ4n) is 2.90. The third-order valence-electron chi connectivity index (χ3n) is 4.07. The predicted octanol–water partition coefficient (Wildman–Crippen LogP) is 2.97. The van der Waals surface area contributed by atoms with Crippen molar-refractivity contribution >= 4 is 10.8 Å². The van der Waals surface area contributed by atoms with Gasteiger partial charge in [-0.1, -0.05) is 30.3 Å². The Hall–Kier alpha value is -2.63. The van der Waals surface area contributed by atoms with Gasteiger partial charge in [-0.3, -0.25) is 4.79 Å². The molecule has 1 aromatic heterocycles. The quantitative estimate of drug-likeness (QED) is 0.792. The number of nitrogens with zero attached hydrogens (tertiary/aromatic N) is 1. The van der Waals surface area contributed by atoms with Gasteiger partial charge >= 0.3 is 0 Å². The van der Waals surface area contributed by atoms with Crippen molar-refractivity contribution < 1.29 is 14.6 Å². The minimum atomic E-state index is -0.0330. The van der Waals surface area contributed by atoms with Crippen molar-refractivity contribution in [3.05, 3.63) is 64.6 Å². The molecule has 0 unspecified atom stereocenters. The highest BCUT2D eigenvalue weighted by Gasteiger charge is 2.16. The first-order valence-corrected chi connectivity index (χ1v) is 7.86. The molecule has 0 aliphatic carbocycles. The summed E-state index contributed by atoms with van der Waals surface area (Å²) in [6.45, 7) is 0.364. The van der Waals surface area contributed by atoms with E-state index in [1.54, 1.807) is 25.8 Å². The predicted molar refractivity (Wildman–Crippen MR) is 100 cm³/mol. The lowest BCUT2D eigenvalue weighted by molar-refractivity contribution is 0.178. The highest BCUT2D eigenvalue weighted by atomic mass is 16.5. The molecule has 132 valence electrons. The first-order valence-electron chi connectivity index (χ1n) is 7.86. The molecule has 2 aromatic carbocycles. The molecule has 1 N–H and O–H groups in total. The molecule has 3 rings (SSSR count). The van der Waals surface area contributed by atoms with Crippen LogP contribution in [-0.4, -0.2) is 31.0 Å². The molecule has 0 radical (unpaired) electrons. The van der Waals surface area contributed by atoms with Crippen molar-refractivity contribution in [2.75, 3.05) is 21.3 Å². The van der Waals surface area contributed by atoms with Gasteiger partial charge in [-0.2, -0.15) is 0 Å². The zero-order valence-electron chi connectivity index (χ0n) is 14.9. The Morgan fingerprint density at radius 1 is 1.00 bits per heavy atom. The van der Waals surface area contributed by atoms with Crippen LogP contribution in [0.5, 0.6) is 5.75 Å². The van der Waals surface area contributed by atoms with Gasteiger partial charge in [0, 0.05) is 37.6 Å². The molecule has 25 heavy (non-hydrogen) atoms. The molecule has 0 saturated carbocycles. The molecule has 0 saturated heterocycles. The Kier molecular flexibility index (Phi) is 6.33. The van der Waals surface area contributed by atoms with Gasteiger partial charge in [0.25, 0.3) is 5.56 Å². The normalized spacial score (nSPS) is 10.3. The van der Waals surface area contributed by atoms with Gasteiger partial charge in [-0.25, -0.2) is 0 Å². The summed E-state index contributed by atoms with van der Waals surface area (Å²) in [5.74, 6) is 0.728. The summed E-state index contributed by atoms with van der Waals surface area (Å²) in [6.07, 6.45) is 0. The molecule has 3 aromatic rings. The Labute approximate surface area is 147 Å². The van der Waals surface area contributed by atoms with E-state index >= 15 is 0 Å². The van der Waals surface area contributed by atoms with E-state index in [2.05, 4.69) is 0 Å². The fraction of sp³-hybridized carbons (Fsp3) is 0.250. The summed E-state index contributed by atoms with van der Waals surface area (Å²) in [4.78, 5) is 12.7. The number of pyridine rings is 1. The molecule has 0 aliphatic rings. The molecule has 0 aliphatic heterocycles. The number of methoxy groups -OCH3 is 2. The van der Waals surface area contributed by atoms with Crippen molar-refractivity contribution in [1.82, 2.24) is 4.57 Å². The summed E-state index contributed by atoms with van der Waals surface area (Å²) >= 11 is 0. The van der Waals surface area contributed by atoms with E-state index < -0.39 is 0 Å². The maximum absolute atomic E-state index is 12.7. The largest absolute Gasteiger partial charge is 0.497 e. The molecule has 0 amide bonds. The van der Waals surface area contributed by atoms with Crippen LogP contribution >= 0.6 is 0 Å². The molecule has 0 fully saturated rings. The summed E-state index contributed by atoms with van der Waals surface area (Å²) in [6, 6.07) is 15.6. The Balaban J connectivity index is 0.00000109. The second kappa shape index (κ2) is 8.46. The van der Waals surface area contributed by atoms with E-state index in [0.717, 1.165) is 35.1 Å². The molecule has 1 heterocycles. The molecule has 0 spiro atoms. The smallest absolute Gasteiger partial charge is 0.258 e. The minimum absolute atomic E-state index is 0.0330. The molecular weight excluding hydrogens is 318 g/mol. The van der Waals surface area contributed by atoms with Crippen LogP contribution in [0.15, 0.2) is 53.3 Å². The zero-order chi connectivity index (χ0) is 18.4. The number of aliphatic hydroxyl groups excluding tert-OH is 1. The lowest BCUT2D eigenvalue weighted by Crippen LogP contribution is -2.22. The monoisotopic (exact) mass is 341 g/mol. The number of ether oxygens (including phenoxy) is 2. The van der Waals surface area contributed by atoms with E-state index in [-0.39, 0.29) is 5.56 Å². The van der Waals surface area contributed by atoms with Gasteiger partial charge in [-0.15, -0.1) is 0 Å². The van der Waals surface area contributed by atoms with Crippen molar-refractivity contribution in [3.63, 3.8) is 0 Å². The summed E-state index contributed by atoms with van der Waals surface area (Å²) < 4.78 is 12.4. The standard InChI is InChI=1S/C19H19NO3.CH4O/c1-20-17(12-22-2)18(13-7-5-4-6-8-13)16-11-14(23-3)9-10-15(16)19(20)21;1-2/h4-11H,12H2,1-3H3;2H,1H3. The topological polar surface area (TPSA) is 60.7 Å². The molecular formula is C20H23NO4. The number of hydrogen-bond acceptors (Lipinski definition) is 4. The van der Waals surface area contributed by atoms with E-state index in [9.17, 15) is 4.79 Å². The van der Waals surface area contributed by atoms with E-state index in [1.807, 2.05) is 48.5 Å². The highest BCUT2D eigenvalue weighted by Crippen LogP contribution is 2.32. The van der Waals surface area contributed by atoms with Crippen LogP contribution in [0.3, 0.4) is 0 Å². The number of fused-ring (bicyclic) bond motifs is 1. The maximum atomic E-state index is 12.7. The van der Waals surface area contributed by atoms with Gasteiger partial charge in [0.1, 0.15) is 5.75 Å². The van der Waals surface area contributed by atoms with Crippen molar-refractivity contribution in [2.24, 2.45) is 7.05 Å². The van der Waals surface area contributed by atoms with Crippen LogP contribution < -0.4 is 10.3 Å². The van der Waals surface area contributed by atoms with Crippen LogP contribution in [0.1, 0.15) is 5.69 Å². The third-order valence-corrected chi connectivity index (χ3v) is 4.07. The second-order valence-corrected chi connectivity index (χ2v) is 5.40. The van der Waals surface area contributed by atoms with Gasteiger partial charge in [-0.05, 0) is 23.8 Å². The lowest BCUT2D eigenvalue weighted by atomic mass is 9.97. The number of aromatic nitrogens is 1. The number of aliphatic hydroxyl groups is 1. The van der Waals surface area contributed by atoms with E-state index in [4.69, 9.17) is 14.6 Å². The van der Waals surface area contributed by atoms with Crippen LogP contribution in [0.4, 0.5) is 0 Å². The number of hydrogen-bond donors (Lipinski definition) is 1. The van der Waals surface area contributed by atoms with Crippen LogP contribution in [-0.2, 0) is 18.4 Å². The van der Waals surface area contributed by atoms with Gasteiger partial charge in [0.05, 0.1) is 19.4 Å². The van der Waals surface area contributed by atoms with E-state index in [0.29, 0.717) is 12.0 Å². The van der Waals surface area contributed by atoms with Crippen LogP contribution in [0.2, 0.25) is 0 Å². The Morgan fingerprint density at radius 3 is 2.28 bits per heavy atom. The summed E-state index contributed by atoms with van der Waals surface area (Å²) in [7, 11) is 6.04. The highest BCUT2D eigenvalue weighted by molar-refractivity contribution is 5.98. The zero-order valence-corrected chi connectivity index (χ0v) is 14.9. The average molecular weight is 341 g/mol. The number of benzene rings is 2.